The number of nitrogens with two attached hydrogens (primary N) is 1. The van der Waals surface area contributed by atoms with Crippen LogP contribution in [0.25, 0.3) is 10.9 Å². The molecule has 0 aliphatic carbocycles. The first-order chi connectivity index (χ1) is 9.75. The van der Waals surface area contributed by atoms with Gasteiger partial charge >= 0.3 is 0 Å². The van der Waals surface area contributed by atoms with Gasteiger partial charge in [0.05, 0.1) is 0 Å². The molecule has 0 saturated heterocycles. The van der Waals surface area contributed by atoms with Crippen molar-refractivity contribution in [2.24, 2.45) is 0 Å². The third kappa shape index (κ3) is 2.35. The highest BCUT2D eigenvalue weighted by Crippen LogP contribution is 2.17. The van der Waals surface area contributed by atoms with E-state index in [0.29, 0.717) is 11.5 Å². The number of H-pyrrole nitrogens is 1. The number of anilines is 1. The second-order valence-electron chi connectivity index (χ2n) is 4.35. The van der Waals surface area contributed by atoms with Crippen molar-refractivity contribution in [2.45, 2.75) is 6.42 Å². The number of carbonyl (C=O) groups excluding carboxylic acids is 1. The first-order valence-electron chi connectivity index (χ1n) is 6.16. The summed E-state index contributed by atoms with van der Waals surface area (Å²) in [7, 11) is 0. The molecule has 102 valence electrons. The first-order valence-corrected chi connectivity index (χ1v) is 6.94. The number of aromatic amines is 1. The van der Waals surface area contributed by atoms with Crippen LogP contribution in [0.3, 0.4) is 0 Å². The predicted molar refractivity (Wildman–Crippen MR) is 78.7 cm³/mol. The Hall–Kier alpha value is -2.41. The van der Waals surface area contributed by atoms with Crippen molar-refractivity contribution in [3.05, 3.63) is 41.7 Å². The quantitative estimate of drug-likeness (QED) is 0.678. The maximum atomic E-state index is 11.8. The molecule has 6 nitrogen and oxygen atoms in total. The molecule has 3 aromatic rings. The number of nitrogen functional groups attached to an aromatic ring is 1. The van der Waals surface area contributed by atoms with Crippen LogP contribution in [0.15, 0.2) is 30.5 Å². The van der Waals surface area contributed by atoms with Crippen LogP contribution in [0.4, 0.5) is 5.00 Å². The van der Waals surface area contributed by atoms with Crippen LogP contribution in [0, 0.1) is 0 Å². The summed E-state index contributed by atoms with van der Waals surface area (Å²) in [5.74, 6) is -0.281. The summed E-state index contributed by atoms with van der Waals surface area (Å²) in [5.41, 5.74) is 8.08. The molecule has 0 unspecified atom stereocenters. The number of nitrogens with zero attached hydrogens (tertiary/aromatic N) is 2. The number of nitrogens with one attached hydrogen (secondary N) is 2. The Morgan fingerprint density at radius 2 is 2.25 bits per heavy atom. The van der Waals surface area contributed by atoms with E-state index in [1.54, 1.807) is 0 Å². The van der Waals surface area contributed by atoms with Gasteiger partial charge in [-0.25, -0.2) is 0 Å². The smallest absolute Gasteiger partial charge is 0.274 e. The van der Waals surface area contributed by atoms with Gasteiger partial charge in [0, 0.05) is 35.2 Å². The van der Waals surface area contributed by atoms with Gasteiger partial charge in [-0.15, -0.1) is 5.10 Å². The number of para-hydroxylation sites is 1. The number of amides is 1. The topological polar surface area (TPSA) is 96.7 Å². The van der Waals surface area contributed by atoms with Crippen molar-refractivity contribution >= 4 is 33.3 Å². The summed E-state index contributed by atoms with van der Waals surface area (Å²) in [5, 5.41) is 8.03. The van der Waals surface area contributed by atoms with Gasteiger partial charge in [-0.2, -0.15) is 0 Å². The van der Waals surface area contributed by atoms with E-state index >= 15 is 0 Å². The molecule has 0 bridgehead atoms. The van der Waals surface area contributed by atoms with Gasteiger partial charge < -0.3 is 16.0 Å². The fourth-order valence-electron chi connectivity index (χ4n) is 2.09. The van der Waals surface area contributed by atoms with E-state index in [-0.39, 0.29) is 11.6 Å². The normalized spacial score (nSPS) is 10.8. The molecule has 1 amide bonds. The fourth-order valence-corrected chi connectivity index (χ4v) is 2.52. The average Bonchev–Trinajstić information content (AvgIpc) is 3.05. The SMILES string of the molecule is Nc1snnc1C(=O)NCCc1c[nH]c2ccccc12. The van der Waals surface area contributed by atoms with Gasteiger partial charge in [-0.1, -0.05) is 22.7 Å². The zero-order chi connectivity index (χ0) is 13.9. The summed E-state index contributed by atoms with van der Waals surface area (Å²) in [4.78, 5) is 15.0. The van der Waals surface area contributed by atoms with Gasteiger partial charge in [0.25, 0.3) is 5.91 Å². The molecule has 0 radical (unpaired) electrons. The molecular weight excluding hydrogens is 274 g/mol. The Morgan fingerprint density at radius 3 is 3.05 bits per heavy atom. The second kappa shape index (κ2) is 5.30. The second-order valence-corrected chi connectivity index (χ2v) is 5.14. The molecule has 20 heavy (non-hydrogen) atoms. The molecule has 0 fully saturated rings. The molecule has 0 aliphatic heterocycles. The van der Waals surface area contributed by atoms with Gasteiger partial charge in [-0.05, 0) is 18.1 Å². The number of carbonyl (C=O) groups is 1. The molecule has 3 rings (SSSR count). The average molecular weight is 287 g/mol. The molecule has 4 N–H and O–H groups in total. The summed E-state index contributed by atoms with van der Waals surface area (Å²) in [6, 6.07) is 8.08. The Balaban J connectivity index is 1.63. The molecule has 2 aromatic heterocycles. The largest absolute Gasteiger partial charge is 0.387 e. The maximum absolute atomic E-state index is 11.8. The van der Waals surface area contributed by atoms with Crippen molar-refractivity contribution in [3.63, 3.8) is 0 Å². The number of rotatable bonds is 4. The maximum Gasteiger partial charge on any atom is 0.274 e. The van der Waals surface area contributed by atoms with Crippen LogP contribution in [0.5, 0.6) is 0 Å². The lowest BCUT2D eigenvalue weighted by molar-refractivity contribution is 0.0950. The number of hydrogen-bond donors (Lipinski definition) is 3. The molecule has 0 saturated carbocycles. The Morgan fingerprint density at radius 1 is 1.40 bits per heavy atom. The highest BCUT2D eigenvalue weighted by molar-refractivity contribution is 7.10. The zero-order valence-corrected chi connectivity index (χ0v) is 11.4. The van der Waals surface area contributed by atoms with Gasteiger partial charge in [-0.3, -0.25) is 4.79 Å². The van der Waals surface area contributed by atoms with Crippen molar-refractivity contribution in [2.75, 3.05) is 12.3 Å². The van der Waals surface area contributed by atoms with E-state index in [0.717, 1.165) is 23.5 Å². The van der Waals surface area contributed by atoms with Crippen LogP contribution in [0.2, 0.25) is 0 Å². The van der Waals surface area contributed by atoms with Crippen molar-refractivity contribution in [1.29, 1.82) is 0 Å². The molecule has 7 heteroatoms. The van der Waals surface area contributed by atoms with E-state index in [1.807, 2.05) is 24.4 Å². The predicted octanol–water partition coefficient (Wildman–Crippen LogP) is 1.57. The van der Waals surface area contributed by atoms with Crippen LogP contribution >= 0.6 is 11.5 Å². The number of benzene rings is 1. The minimum absolute atomic E-state index is 0.203. The summed E-state index contributed by atoms with van der Waals surface area (Å²) in [6.07, 6.45) is 2.71. The molecule has 2 heterocycles. The molecule has 0 atom stereocenters. The Labute approximate surface area is 119 Å². The van der Waals surface area contributed by atoms with Crippen molar-refractivity contribution in [3.8, 4) is 0 Å². The minimum Gasteiger partial charge on any atom is -0.387 e. The van der Waals surface area contributed by atoms with Crippen LogP contribution < -0.4 is 11.1 Å². The van der Waals surface area contributed by atoms with Crippen LogP contribution in [-0.4, -0.2) is 27.0 Å². The van der Waals surface area contributed by atoms with E-state index in [2.05, 4.69) is 26.0 Å². The molecule has 0 aliphatic rings. The lowest BCUT2D eigenvalue weighted by Gasteiger charge is -2.03. The highest BCUT2D eigenvalue weighted by Gasteiger charge is 2.13. The van der Waals surface area contributed by atoms with E-state index in [4.69, 9.17) is 5.73 Å². The van der Waals surface area contributed by atoms with Crippen molar-refractivity contribution < 1.29 is 4.79 Å². The monoisotopic (exact) mass is 287 g/mol. The van der Waals surface area contributed by atoms with E-state index in [9.17, 15) is 4.79 Å². The number of aromatic nitrogens is 3. The molecule has 1 aromatic carbocycles. The number of fused-ring (bicyclic) bond motifs is 1. The lowest BCUT2D eigenvalue weighted by atomic mass is 10.1. The third-order valence-corrected chi connectivity index (χ3v) is 3.64. The van der Waals surface area contributed by atoms with Crippen LogP contribution in [-0.2, 0) is 6.42 Å². The number of hydrogen-bond acceptors (Lipinski definition) is 5. The zero-order valence-electron chi connectivity index (χ0n) is 10.6. The third-order valence-electron chi connectivity index (χ3n) is 3.08. The molecule has 0 spiro atoms. The summed E-state index contributed by atoms with van der Waals surface area (Å²) >= 11 is 1.02. The Kier molecular flexibility index (Phi) is 3.34. The van der Waals surface area contributed by atoms with Crippen molar-refractivity contribution in [1.82, 2.24) is 19.9 Å². The fraction of sp³-hybridized carbons (Fsp3) is 0.154. The highest BCUT2D eigenvalue weighted by atomic mass is 32.1. The molecular formula is C13H13N5OS. The lowest BCUT2D eigenvalue weighted by Crippen LogP contribution is -2.26. The van der Waals surface area contributed by atoms with Gasteiger partial charge in [0.15, 0.2) is 5.69 Å². The van der Waals surface area contributed by atoms with Gasteiger partial charge in [0.1, 0.15) is 5.00 Å². The Bertz CT molecular complexity index is 748. The summed E-state index contributed by atoms with van der Waals surface area (Å²) in [6.45, 7) is 0.525. The van der Waals surface area contributed by atoms with Crippen LogP contribution in [0.1, 0.15) is 16.1 Å². The summed E-state index contributed by atoms with van der Waals surface area (Å²) < 4.78 is 3.64. The first kappa shape index (κ1) is 12.6. The van der Waals surface area contributed by atoms with E-state index in [1.165, 1.54) is 10.9 Å². The standard InChI is InChI=1S/C13H13N5OS/c14-12-11(17-18-20-12)13(19)15-6-5-8-7-16-10-4-2-1-3-9(8)10/h1-4,7,16H,5-6,14H2,(H,15,19). The van der Waals surface area contributed by atoms with E-state index < -0.39 is 0 Å². The van der Waals surface area contributed by atoms with Gasteiger partial charge in [0.2, 0.25) is 0 Å². The minimum atomic E-state index is -0.281.